The molecule has 0 bridgehead atoms. The molecule has 0 aliphatic heterocycles. The molecule has 0 spiro atoms. The molecule has 0 radical (unpaired) electrons. The van der Waals surface area contributed by atoms with E-state index in [1.54, 1.807) is 7.11 Å². The number of hydrogen-bond donors (Lipinski definition) is 2. The third-order valence-corrected chi connectivity index (χ3v) is 2.35. The topological polar surface area (TPSA) is 45.7 Å². The number of rotatable bonds is 8. The van der Waals surface area contributed by atoms with E-state index in [0.717, 1.165) is 31.4 Å². The van der Waals surface area contributed by atoms with E-state index >= 15 is 0 Å². The van der Waals surface area contributed by atoms with Crippen LogP contribution in [0.2, 0.25) is 0 Å². The van der Waals surface area contributed by atoms with Crippen LogP contribution in [0.4, 0.5) is 0 Å². The van der Waals surface area contributed by atoms with Crippen LogP contribution >= 0.6 is 24.0 Å². The van der Waals surface area contributed by atoms with Gasteiger partial charge in [-0.3, -0.25) is 4.99 Å². The SMILES string of the molecule is CCNC(=NCCCC(C)C)NC(C)COC.I. The van der Waals surface area contributed by atoms with Gasteiger partial charge >= 0.3 is 0 Å². The summed E-state index contributed by atoms with van der Waals surface area (Å²) < 4.78 is 5.09. The van der Waals surface area contributed by atoms with Crippen LogP contribution in [0.3, 0.4) is 0 Å². The fourth-order valence-corrected chi connectivity index (χ4v) is 1.54. The highest BCUT2D eigenvalue weighted by atomic mass is 127. The van der Waals surface area contributed by atoms with Gasteiger partial charge in [-0.1, -0.05) is 13.8 Å². The maximum Gasteiger partial charge on any atom is 0.191 e. The molecule has 0 aliphatic rings. The Balaban J connectivity index is 0. The number of aliphatic imine (C=N–C) groups is 1. The van der Waals surface area contributed by atoms with E-state index in [4.69, 9.17) is 4.74 Å². The average Bonchev–Trinajstić information content (AvgIpc) is 2.24. The highest BCUT2D eigenvalue weighted by Crippen LogP contribution is 2.02. The predicted molar refractivity (Wildman–Crippen MR) is 89.9 cm³/mol. The summed E-state index contributed by atoms with van der Waals surface area (Å²) in [7, 11) is 1.71. The van der Waals surface area contributed by atoms with Gasteiger partial charge in [-0.05, 0) is 32.6 Å². The molecule has 1 atom stereocenters. The van der Waals surface area contributed by atoms with Gasteiger partial charge in [-0.15, -0.1) is 24.0 Å². The van der Waals surface area contributed by atoms with E-state index in [-0.39, 0.29) is 30.0 Å². The van der Waals surface area contributed by atoms with Crippen molar-refractivity contribution >= 4 is 29.9 Å². The van der Waals surface area contributed by atoms with Crippen molar-refractivity contribution in [3.05, 3.63) is 0 Å². The highest BCUT2D eigenvalue weighted by molar-refractivity contribution is 14.0. The second-order valence-corrected chi connectivity index (χ2v) is 4.80. The Morgan fingerprint density at radius 3 is 2.44 bits per heavy atom. The third-order valence-electron chi connectivity index (χ3n) is 2.35. The monoisotopic (exact) mass is 371 g/mol. The largest absolute Gasteiger partial charge is 0.383 e. The average molecular weight is 371 g/mol. The van der Waals surface area contributed by atoms with Crippen LogP contribution in [0.25, 0.3) is 0 Å². The van der Waals surface area contributed by atoms with Crippen molar-refractivity contribution in [2.75, 3.05) is 26.8 Å². The molecular formula is C13H30IN3O. The second-order valence-electron chi connectivity index (χ2n) is 4.80. The Hall–Kier alpha value is -0.0400. The molecule has 0 aliphatic carbocycles. The minimum atomic E-state index is 0. The summed E-state index contributed by atoms with van der Waals surface area (Å²) in [6.07, 6.45) is 2.38. The number of hydrogen-bond acceptors (Lipinski definition) is 2. The Bertz CT molecular complexity index is 210. The van der Waals surface area contributed by atoms with Gasteiger partial charge in [-0.25, -0.2) is 0 Å². The molecule has 4 nitrogen and oxygen atoms in total. The lowest BCUT2D eigenvalue weighted by atomic mass is 10.1. The van der Waals surface area contributed by atoms with Crippen molar-refractivity contribution in [3.8, 4) is 0 Å². The minimum Gasteiger partial charge on any atom is -0.383 e. The van der Waals surface area contributed by atoms with Crippen LogP contribution < -0.4 is 10.6 Å². The summed E-state index contributed by atoms with van der Waals surface area (Å²) in [5.41, 5.74) is 0. The lowest BCUT2D eigenvalue weighted by Gasteiger charge is -2.17. The molecule has 5 heteroatoms. The van der Waals surface area contributed by atoms with Crippen molar-refractivity contribution in [2.45, 2.75) is 46.6 Å². The van der Waals surface area contributed by atoms with Gasteiger partial charge in [0.2, 0.25) is 0 Å². The van der Waals surface area contributed by atoms with Crippen LogP contribution in [0, 0.1) is 5.92 Å². The van der Waals surface area contributed by atoms with Gasteiger partial charge in [-0.2, -0.15) is 0 Å². The lowest BCUT2D eigenvalue weighted by molar-refractivity contribution is 0.179. The summed E-state index contributed by atoms with van der Waals surface area (Å²) in [6.45, 7) is 11.1. The number of ether oxygens (including phenoxy) is 1. The predicted octanol–water partition coefficient (Wildman–Crippen LogP) is 2.63. The van der Waals surface area contributed by atoms with E-state index in [9.17, 15) is 0 Å². The molecule has 0 saturated heterocycles. The lowest BCUT2D eigenvalue weighted by Crippen LogP contribution is -2.44. The zero-order chi connectivity index (χ0) is 13.1. The summed E-state index contributed by atoms with van der Waals surface area (Å²) in [5, 5.41) is 6.56. The molecule has 0 fully saturated rings. The molecule has 0 heterocycles. The number of halogens is 1. The van der Waals surface area contributed by atoms with Crippen LogP contribution in [0.5, 0.6) is 0 Å². The fraction of sp³-hybridized carbons (Fsp3) is 0.923. The van der Waals surface area contributed by atoms with Crippen molar-refractivity contribution in [2.24, 2.45) is 10.9 Å². The van der Waals surface area contributed by atoms with E-state index in [0.29, 0.717) is 6.61 Å². The van der Waals surface area contributed by atoms with Crippen molar-refractivity contribution < 1.29 is 4.74 Å². The standard InChI is InChI=1S/C13H29N3O.HI/c1-6-14-13(16-12(4)10-17-5)15-9-7-8-11(2)3;/h11-12H,6-10H2,1-5H3,(H2,14,15,16);1H. The van der Waals surface area contributed by atoms with E-state index in [1.807, 2.05) is 0 Å². The number of nitrogens with zero attached hydrogens (tertiary/aromatic N) is 1. The molecule has 0 aromatic heterocycles. The van der Waals surface area contributed by atoms with Gasteiger partial charge in [0, 0.05) is 26.2 Å². The first kappa shape index (κ1) is 20.3. The van der Waals surface area contributed by atoms with E-state index in [1.165, 1.54) is 6.42 Å². The van der Waals surface area contributed by atoms with Gasteiger partial charge in [0.15, 0.2) is 5.96 Å². The summed E-state index contributed by atoms with van der Waals surface area (Å²) in [5.74, 6) is 1.65. The van der Waals surface area contributed by atoms with Gasteiger partial charge in [0.1, 0.15) is 0 Å². The maximum atomic E-state index is 5.09. The molecule has 110 valence electrons. The molecule has 0 aromatic rings. The van der Waals surface area contributed by atoms with Crippen LogP contribution in [-0.2, 0) is 4.74 Å². The summed E-state index contributed by atoms with van der Waals surface area (Å²) in [6, 6.07) is 0.280. The smallest absolute Gasteiger partial charge is 0.191 e. The van der Waals surface area contributed by atoms with E-state index in [2.05, 4.69) is 43.3 Å². The van der Waals surface area contributed by atoms with Crippen LogP contribution in [0.15, 0.2) is 4.99 Å². The number of nitrogens with one attached hydrogen (secondary N) is 2. The molecule has 0 rings (SSSR count). The maximum absolute atomic E-state index is 5.09. The van der Waals surface area contributed by atoms with Crippen LogP contribution in [-0.4, -0.2) is 38.8 Å². The molecule has 1 unspecified atom stereocenters. The molecule has 2 N–H and O–H groups in total. The first-order chi connectivity index (χ1) is 8.10. The minimum absolute atomic E-state index is 0. The zero-order valence-corrected chi connectivity index (χ0v) is 14.8. The summed E-state index contributed by atoms with van der Waals surface area (Å²) in [4.78, 5) is 4.55. The zero-order valence-electron chi connectivity index (χ0n) is 12.5. The molecule has 0 amide bonds. The normalized spacial score (nSPS) is 13.1. The van der Waals surface area contributed by atoms with Crippen molar-refractivity contribution in [3.63, 3.8) is 0 Å². The molecule has 0 saturated carbocycles. The van der Waals surface area contributed by atoms with Crippen molar-refractivity contribution in [1.82, 2.24) is 10.6 Å². The molecule has 0 aromatic carbocycles. The Kier molecular flexibility index (Phi) is 15.1. The Labute approximate surface area is 129 Å². The first-order valence-electron chi connectivity index (χ1n) is 6.63. The Morgan fingerprint density at radius 1 is 1.28 bits per heavy atom. The van der Waals surface area contributed by atoms with Gasteiger partial charge in [0.05, 0.1) is 6.61 Å². The van der Waals surface area contributed by atoms with Crippen molar-refractivity contribution in [1.29, 1.82) is 0 Å². The quantitative estimate of drug-likeness (QED) is 0.298. The number of guanidine groups is 1. The van der Waals surface area contributed by atoms with E-state index < -0.39 is 0 Å². The van der Waals surface area contributed by atoms with Gasteiger partial charge in [0.25, 0.3) is 0 Å². The first-order valence-corrected chi connectivity index (χ1v) is 6.63. The third kappa shape index (κ3) is 12.4. The molecular weight excluding hydrogens is 341 g/mol. The fourth-order valence-electron chi connectivity index (χ4n) is 1.54. The highest BCUT2D eigenvalue weighted by Gasteiger charge is 2.03. The number of methoxy groups -OCH3 is 1. The second kappa shape index (κ2) is 13.4. The molecule has 18 heavy (non-hydrogen) atoms. The van der Waals surface area contributed by atoms with Gasteiger partial charge < -0.3 is 15.4 Å². The van der Waals surface area contributed by atoms with Crippen LogP contribution in [0.1, 0.15) is 40.5 Å². The summed E-state index contributed by atoms with van der Waals surface area (Å²) >= 11 is 0. The Morgan fingerprint density at radius 2 is 1.94 bits per heavy atom.